The van der Waals surface area contributed by atoms with E-state index in [4.69, 9.17) is 5.41 Å². The first kappa shape index (κ1) is 11.1. The van der Waals surface area contributed by atoms with Crippen LogP contribution in [0, 0.1) is 11.3 Å². The van der Waals surface area contributed by atoms with Gasteiger partial charge in [0.05, 0.1) is 0 Å². The Balaban J connectivity index is 2.54. The zero-order chi connectivity index (χ0) is 10.4. The molecule has 1 fully saturated rings. The van der Waals surface area contributed by atoms with Gasteiger partial charge in [-0.1, -0.05) is 25.7 Å². The zero-order valence-electron chi connectivity index (χ0n) is 8.92. The predicted octanol–water partition coefficient (Wildman–Crippen LogP) is 3.05. The molecule has 0 amide bonds. The van der Waals surface area contributed by atoms with E-state index in [2.05, 4.69) is 16.7 Å². The summed E-state index contributed by atoms with van der Waals surface area (Å²) < 4.78 is 0. The Morgan fingerprint density at radius 2 is 1.79 bits per heavy atom. The molecule has 0 aromatic heterocycles. The molecule has 0 unspecified atom stereocenters. The lowest BCUT2D eigenvalue weighted by Gasteiger charge is -2.11. The predicted molar refractivity (Wildman–Crippen MR) is 61.6 cm³/mol. The molecule has 0 bridgehead atoms. The van der Waals surface area contributed by atoms with E-state index in [0.29, 0.717) is 17.6 Å². The monoisotopic (exact) mass is 193 g/mol. The highest BCUT2D eigenvalue weighted by Gasteiger charge is 2.16. The van der Waals surface area contributed by atoms with Crippen molar-refractivity contribution < 1.29 is 0 Å². The van der Waals surface area contributed by atoms with Gasteiger partial charge in [0.2, 0.25) is 0 Å². The van der Waals surface area contributed by atoms with Crippen LogP contribution in [0.4, 0.5) is 0 Å². The van der Waals surface area contributed by atoms with Crippen LogP contribution in [0.25, 0.3) is 0 Å². The Morgan fingerprint density at radius 1 is 1.21 bits per heavy atom. The van der Waals surface area contributed by atoms with Crippen LogP contribution >= 0.6 is 0 Å². The Hall–Kier alpha value is -0.990. The van der Waals surface area contributed by atoms with Gasteiger partial charge in [0, 0.05) is 5.92 Å². The summed E-state index contributed by atoms with van der Waals surface area (Å²) in [7, 11) is 0. The lowest BCUT2D eigenvalue weighted by Crippen LogP contribution is -2.11. The lowest BCUT2D eigenvalue weighted by atomic mass is 9.99. The minimum Gasteiger partial charge on any atom is -0.286 e. The SMILES string of the molecule is C=N/C(C)=N\C(=N)C1CCCCCC1. The normalized spacial score (nSPS) is 20.2. The van der Waals surface area contributed by atoms with Crippen LogP contribution < -0.4 is 0 Å². The van der Waals surface area contributed by atoms with E-state index in [1.54, 1.807) is 6.92 Å². The zero-order valence-corrected chi connectivity index (χ0v) is 8.92. The molecule has 0 radical (unpaired) electrons. The summed E-state index contributed by atoms with van der Waals surface area (Å²) in [6.45, 7) is 5.19. The van der Waals surface area contributed by atoms with Gasteiger partial charge in [-0.2, -0.15) is 0 Å². The Kier molecular flexibility index (Phi) is 4.50. The second-order valence-corrected chi connectivity index (χ2v) is 3.89. The first-order valence-electron chi connectivity index (χ1n) is 5.34. The van der Waals surface area contributed by atoms with E-state index in [1.807, 2.05) is 0 Å². The Labute approximate surface area is 85.9 Å². The number of hydrogen-bond acceptors (Lipinski definition) is 1. The third-order valence-corrected chi connectivity index (χ3v) is 2.75. The fourth-order valence-electron chi connectivity index (χ4n) is 1.85. The topological polar surface area (TPSA) is 48.6 Å². The van der Waals surface area contributed by atoms with Crippen LogP contribution in [0.1, 0.15) is 45.4 Å². The molecule has 3 nitrogen and oxygen atoms in total. The summed E-state index contributed by atoms with van der Waals surface area (Å²) in [5.74, 6) is 1.46. The minimum atomic E-state index is 0.356. The van der Waals surface area contributed by atoms with Crippen molar-refractivity contribution in [3.63, 3.8) is 0 Å². The van der Waals surface area contributed by atoms with Gasteiger partial charge in [-0.15, -0.1) is 0 Å². The average Bonchev–Trinajstić information content (AvgIpc) is 2.45. The van der Waals surface area contributed by atoms with Crippen molar-refractivity contribution in [2.75, 3.05) is 0 Å². The van der Waals surface area contributed by atoms with E-state index >= 15 is 0 Å². The molecule has 0 spiro atoms. The quantitative estimate of drug-likeness (QED) is 0.378. The van der Waals surface area contributed by atoms with Crippen LogP contribution in [0.15, 0.2) is 9.98 Å². The van der Waals surface area contributed by atoms with Crippen molar-refractivity contribution in [2.24, 2.45) is 15.9 Å². The third kappa shape index (κ3) is 3.40. The Morgan fingerprint density at radius 3 is 2.29 bits per heavy atom. The van der Waals surface area contributed by atoms with Crippen LogP contribution in [-0.4, -0.2) is 18.4 Å². The molecule has 0 aliphatic heterocycles. The second-order valence-electron chi connectivity index (χ2n) is 3.89. The van der Waals surface area contributed by atoms with Gasteiger partial charge in [0.25, 0.3) is 0 Å². The fraction of sp³-hybridized carbons (Fsp3) is 0.727. The van der Waals surface area contributed by atoms with Gasteiger partial charge < -0.3 is 0 Å². The molecule has 1 saturated carbocycles. The molecular weight excluding hydrogens is 174 g/mol. The summed E-state index contributed by atoms with van der Waals surface area (Å²) in [5.41, 5.74) is 0. The molecule has 1 rings (SSSR count). The van der Waals surface area contributed by atoms with Crippen molar-refractivity contribution in [1.29, 1.82) is 5.41 Å². The molecule has 78 valence electrons. The number of hydrogen-bond donors (Lipinski definition) is 1. The molecule has 1 aliphatic carbocycles. The van der Waals surface area contributed by atoms with Crippen LogP contribution in [0.5, 0.6) is 0 Å². The maximum absolute atomic E-state index is 7.84. The standard InChI is InChI=1S/C11H19N3/c1-9(13-2)14-11(12)10-7-5-3-4-6-8-10/h10,12H,2-8H2,1H3/b12-11?,14-9-. The number of aliphatic imine (C=N–C) groups is 2. The molecule has 0 saturated heterocycles. The van der Waals surface area contributed by atoms with Crippen molar-refractivity contribution in [3.05, 3.63) is 0 Å². The van der Waals surface area contributed by atoms with Gasteiger partial charge in [-0.05, 0) is 26.5 Å². The minimum absolute atomic E-state index is 0.356. The van der Waals surface area contributed by atoms with E-state index in [-0.39, 0.29) is 0 Å². The smallest absolute Gasteiger partial charge is 0.126 e. The Bertz CT molecular complexity index is 235. The highest BCUT2D eigenvalue weighted by molar-refractivity contribution is 5.97. The van der Waals surface area contributed by atoms with E-state index < -0.39 is 0 Å². The molecule has 1 aliphatic rings. The second kappa shape index (κ2) is 5.68. The maximum Gasteiger partial charge on any atom is 0.126 e. The first-order valence-corrected chi connectivity index (χ1v) is 5.34. The number of nitrogens with zero attached hydrogens (tertiary/aromatic N) is 2. The van der Waals surface area contributed by atoms with Crippen molar-refractivity contribution in [3.8, 4) is 0 Å². The number of amidine groups is 2. The van der Waals surface area contributed by atoms with Gasteiger partial charge in [-0.25, -0.2) is 9.98 Å². The van der Waals surface area contributed by atoms with Crippen molar-refractivity contribution in [2.45, 2.75) is 45.4 Å². The van der Waals surface area contributed by atoms with E-state index in [1.165, 1.54) is 25.7 Å². The highest BCUT2D eigenvalue weighted by atomic mass is 14.9. The van der Waals surface area contributed by atoms with E-state index in [0.717, 1.165) is 12.8 Å². The summed E-state index contributed by atoms with van der Waals surface area (Å²) in [6, 6.07) is 0. The molecule has 1 N–H and O–H groups in total. The number of rotatable bonds is 1. The third-order valence-electron chi connectivity index (χ3n) is 2.75. The molecule has 14 heavy (non-hydrogen) atoms. The summed E-state index contributed by atoms with van der Waals surface area (Å²) in [6.07, 6.45) is 7.34. The largest absolute Gasteiger partial charge is 0.286 e. The summed E-state index contributed by atoms with van der Waals surface area (Å²) in [4.78, 5) is 7.84. The van der Waals surface area contributed by atoms with Crippen LogP contribution in [-0.2, 0) is 0 Å². The highest BCUT2D eigenvalue weighted by Crippen LogP contribution is 2.23. The summed E-state index contributed by atoms with van der Waals surface area (Å²) in [5, 5.41) is 7.84. The van der Waals surface area contributed by atoms with Gasteiger partial charge in [0.15, 0.2) is 0 Å². The van der Waals surface area contributed by atoms with Gasteiger partial charge in [-0.3, -0.25) is 5.41 Å². The first-order chi connectivity index (χ1) is 6.74. The van der Waals surface area contributed by atoms with Gasteiger partial charge in [0.1, 0.15) is 11.7 Å². The van der Waals surface area contributed by atoms with E-state index in [9.17, 15) is 0 Å². The molecule has 0 aromatic carbocycles. The average molecular weight is 193 g/mol. The molecule has 0 aromatic rings. The maximum atomic E-state index is 7.84. The number of nitrogens with one attached hydrogen (secondary N) is 1. The lowest BCUT2D eigenvalue weighted by molar-refractivity contribution is 0.584. The van der Waals surface area contributed by atoms with Crippen molar-refractivity contribution in [1.82, 2.24) is 0 Å². The van der Waals surface area contributed by atoms with Gasteiger partial charge >= 0.3 is 0 Å². The molecular formula is C11H19N3. The van der Waals surface area contributed by atoms with Crippen LogP contribution in [0.3, 0.4) is 0 Å². The molecule has 3 heteroatoms. The molecule has 0 heterocycles. The summed E-state index contributed by atoms with van der Waals surface area (Å²) >= 11 is 0. The fourth-order valence-corrected chi connectivity index (χ4v) is 1.85. The van der Waals surface area contributed by atoms with Crippen LogP contribution in [0.2, 0.25) is 0 Å². The molecule has 0 atom stereocenters. The van der Waals surface area contributed by atoms with Crippen molar-refractivity contribution >= 4 is 18.4 Å².